The summed E-state index contributed by atoms with van der Waals surface area (Å²) in [5.74, 6) is -1.32. The van der Waals surface area contributed by atoms with Crippen LogP contribution >= 0.6 is 15.6 Å². The lowest BCUT2D eigenvalue weighted by molar-refractivity contribution is -0.161. The number of hydrogen-bond donors (Lipinski definition) is 3. The third kappa shape index (κ3) is 78.5. The van der Waals surface area contributed by atoms with Crippen LogP contribution in [-0.4, -0.2) is 96.7 Å². The van der Waals surface area contributed by atoms with Crippen molar-refractivity contribution in [3.63, 3.8) is 0 Å². The van der Waals surface area contributed by atoms with Crippen LogP contribution in [0, 0.1) is 5.92 Å². The van der Waals surface area contributed by atoms with Crippen LogP contribution in [0.5, 0.6) is 0 Å². The number of rotatable bonds is 86. The van der Waals surface area contributed by atoms with Crippen LogP contribution in [0.3, 0.4) is 0 Å². The molecule has 0 radical (unpaired) electrons. The number of phosphoric ester groups is 2. The quantitative estimate of drug-likeness (QED) is 0.0222. The molecule has 0 heterocycles. The van der Waals surface area contributed by atoms with Gasteiger partial charge >= 0.3 is 39.5 Å². The molecule has 624 valence electrons. The van der Waals surface area contributed by atoms with E-state index in [4.69, 9.17) is 37.0 Å². The molecule has 3 N–H and O–H groups in total. The van der Waals surface area contributed by atoms with Gasteiger partial charge in [0.15, 0.2) is 12.2 Å². The van der Waals surface area contributed by atoms with Gasteiger partial charge in [-0.1, -0.05) is 413 Å². The molecule has 6 atom stereocenters. The topological polar surface area (TPSA) is 237 Å². The number of hydrogen-bond acceptors (Lipinski definition) is 15. The van der Waals surface area contributed by atoms with Gasteiger partial charge in [-0.15, -0.1) is 0 Å². The number of unbranched alkanes of at least 4 members (excludes halogenated alkanes) is 57. The van der Waals surface area contributed by atoms with Gasteiger partial charge in [0.2, 0.25) is 0 Å². The van der Waals surface area contributed by atoms with Gasteiger partial charge in [-0.2, -0.15) is 0 Å². The number of carbonyl (C=O) groups is 4. The summed E-state index contributed by atoms with van der Waals surface area (Å²) in [4.78, 5) is 73.3. The fourth-order valence-electron chi connectivity index (χ4n) is 13.4. The molecule has 105 heavy (non-hydrogen) atoms. The van der Waals surface area contributed by atoms with E-state index >= 15 is 0 Å². The van der Waals surface area contributed by atoms with Crippen molar-refractivity contribution < 1.29 is 80.2 Å². The standard InChI is InChI=1S/C86H168O17P2/c1-6-10-13-16-19-22-25-28-31-34-36-38-41-44-47-50-57-62-67-72-85(90)102-81(75-96-83(88)69-64-59-54-48-45-42-40-37-35-32-29-26-23-20-17-14-11-7-2)77-100-104(92,93)98-73-80(87)74-99-105(94,95)101-78-82(76-97-84(89)70-65-60-55-52-51-53-58-63-68-79(5)9-4)103-86(91)71-66-61-56-49-46-43-39-33-30-27-24-21-18-15-12-8-3/h79-82,87H,6-78H2,1-5H3,(H,92,93)(H,94,95)/t79?,80-,81-,82-/m1/s1. The second-order valence-corrected chi connectivity index (χ2v) is 34.1. The Morgan fingerprint density at radius 3 is 0.676 bits per heavy atom. The van der Waals surface area contributed by atoms with E-state index in [1.165, 1.54) is 289 Å². The van der Waals surface area contributed by atoms with Crippen molar-refractivity contribution in [3.05, 3.63) is 0 Å². The molecule has 3 unspecified atom stereocenters. The van der Waals surface area contributed by atoms with Crippen molar-refractivity contribution in [2.45, 2.75) is 483 Å². The predicted molar refractivity (Wildman–Crippen MR) is 432 cm³/mol. The van der Waals surface area contributed by atoms with Crippen LogP contribution < -0.4 is 0 Å². The third-order valence-corrected chi connectivity index (χ3v) is 22.5. The Morgan fingerprint density at radius 2 is 0.457 bits per heavy atom. The second kappa shape index (κ2) is 78.7. The maximum atomic E-state index is 13.1. The SMILES string of the molecule is CCCCCCCCCCCCCCCCCCCCCC(=O)O[C@H](COC(=O)CCCCCCCCCCCCCCCCCCCC)COP(=O)(O)OC[C@@H](O)COP(=O)(O)OC[C@@H](COC(=O)CCCCCCCCCCC(C)CC)OC(=O)CCCCCCCCCCCCCCCCCC. The Morgan fingerprint density at radius 1 is 0.267 bits per heavy atom. The maximum absolute atomic E-state index is 13.1. The molecule has 17 nitrogen and oxygen atoms in total. The Labute approximate surface area is 645 Å². The fraction of sp³-hybridized carbons (Fsp3) is 0.953. The molecule has 0 saturated carbocycles. The van der Waals surface area contributed by atoms with Gasteiger partial charge in [-0.3, -0.25) is 37.3 Å². The molecule has 19 heteroatoms. The second-order valence-electron chi connectivity index (χ2n) is 31.2. The van der Waals surface area contributed by atoms with Gasteiger partial charge < -0.3 is 33.8 Å². The normalized spacial score (nSPS) is 14.0. The first-order chi connectivity index (χ1) is 51.1. The minimum atomic E-state index is -4.97. The number of esters is 4. The molecule has 0 bridgehead atoms. The summed E-state index contributed by atoms with van der Waals surface area (Å²) in [6.07, 6.45) is 72.1. The van der Waals surface area contributed by atoms with Gasteiger partial charge in [0.05, 0.1) is 26.4 Å². The van der Waals surface area contributed by atoms with E-state index in [1.54, 1.807) is 0 Å². The molecule has 0 saturated heterocycles. The first-order valence-electron chi connectivity index (χ1n) is 44.7. The zero-order chi connectivity index (χ0) is 76.9. The summed E-state index contributed by atoms with van der Waals surface area (Å²) in [6.45, 7) is 7.38. The number of aliphatic hydroxyl groups is 1. The van der Waals surface area contributed by atoms with Gasteiger partial charge in [0.1, 0.15) is 19.3 Å². The van der Waals surface area contributed by atoms with Crippen molar-refractivity contribution in [3.8, 4) is 0 Å². The van der Waals surface area contributed by atoms with Gasteiger partial charge in [0, 0.05) is 25.7 Å². The summed E-state index contributed by atoms with van der Waals surface area (Å²) in [5, 5.41) is 10.7. The van der Waals surface area contributed by atoms with E-state index in [-0.39, 0.29) is 25.7 Å². The average molecular weight is 1540 g/mol. The molecule has 0 spiro atoms. The summed E-state index contributed by atoms with van der Waals surface area (Å²) >= 11 is 0. The monoisotopic (exact) mass is 1540 g/mol. The number of carbonyl (C=O) groups excluding carboxylic acids is 4. The number of aliphatic hydroxyl groups excluding tert-OH is 1. The third-order valence-electron chi connectivity index (χ3n) is 20.6. The van der Waals surface area contributed by atoms with Crippen LogP contribution in [0.2, 0.25) is 0 Å². The van der Waals surface area contributed by atoms with Crippen LogP contribution in [0.4, 0.5) is 0 Å². The molecule has 0 amide bonds. The van der Waals surface area contributed by atoms with E-state index < -0.39 is 97.5 Å². The molecular formula is C86H168O17P2. The molecule has 0 rings (SSSR count). The van der Waals surface area contributed by atoms with Gasteiger partial charge in [0.25, 0.3) is 0 Å². The van der Waals surface area contributed by atoms with Crippen LogP contribution in [0.1, 0.15) is 465 Å². The lowest BCUT2D eigenvalue weighted by atomic mass is 9.99. The largest absolute Gasteiger partial charge is 0.472 e. The predicted octanol–water partition coefficient (Wildman–Crippen LogP) is 26.4. The van der Waals surface area contributed by atoms with Crippen molar-refractivity contribution in [1.29, 1.82) is 0 Å². The highest BCUT2D eigenvalue weighted by Gasteiger charge is 2.30. The van der Waals surface area contributed by atoms with Gasteiger partial charge in [-0.25, -0.2) is 9.13 Å². The highest BCUT2D eigenvalue weighted by atomic mass is 31.2. The smallest absolute Gasteiger partial charge is 0.462 e. The van der Waals surface area contributed by atoms with Crippen LogP contribution in [0.25, 0.3) is 0 Å². The summed E-state index contributed by atoms with van der Waals surface area (Å²) in [6, 6.07) is 0. The van der Waals surface area contributed by atoms with Crippen molar-refractivity contribution in [1.82, 2.24) is 0 Å². The van der Waals surface area contributed by atoms with Gasteiger partial charge in [-0.05, 0) is 31.6 Å². The Bertz CT molecular complexity index is 2000. The van der Waals surface area contributed by atoms with E-state index in [9.17, 15) is 43.2 Å². The summed E-state index contributed by atoms with van der Waals surface area (Å²) < 4.78 is 68.9. The lowest BCUT2D eigenvalue weighted by Crippen LogP contribution is -2.30. The maximum Gasteiger partial charge on any atom is 0.472 e. The zero-order valence-electron chi connectivity index (χ0n) is 68.9. The minimum absolute atomic E-state index is 0.108. The number of ether oxygens (including phenoxy) is 4. The molecule has 0 aromatic rings. The molecule has 0 aliphatic heterocycles. The Hall–Kier alpha value is -1.94. The molecule has 0 aromatic carbocycles. The Kier molecular flexibility index (Phi) is 77.3. The van der Waals surface area contributed by atoms with Crippen LogP contribution in [-0.2, 0) is 65.4 Å². The van der Waals surface area contributed by atoms with Crippen LogP contribution in [0.15, 0.2) is 0 Å². The number of phosphoric acid groups is 2. The fourth-order valence-corrected chi connectivity index (χ4v) is 15.0. The highest BCUT2D eigenvalue weighted by Crippen LogP contribution is 2.45. The zero-order valence-corrected chi connectivity index (χ0v) is 70.7. The van der Waals surface area contributed by atoms with Crippen molar-refractivity contribution >= 4 is 39.5 Å². The first kappa shape index (κ1) is 103. The molecule has 0 aliphatic rings. The Balaban J connectivity index is 5.26. The molecular weight excluding hydrogens is 1370 g/mol. The lowest BCUT2D eigenvalue weighted by Gasteiger charge is -2.21. The van der Waals surface area contributed by atoms with Crippen molar-refractivity contribution in [2.24, 2.45) is 5.92 Å². The highest BCUT2D eigenvalue weighted by molar-refractivity contribution is 7.47. The molecule has 0 aliphatic carbocycles. The van der Waals surface area contributed by atoms with E-state index in [0.29, 0.717) is 25.7 Å². The summed E-state index contributed by atoms with van der Waals surface area (Å²) in [5.41, 5.74) is 0. The van der Waals surface area contributed by atoms with E-state index in [0.717, 1.165) is 95.8 Å². The van der Waals surface area contributed by atoms with E-state index in [1.807, 2.05) is 0 Å². The minimum Gasteiger partial charge on any atom is -0.462 e. The molecule has 0 aromatic heterocycles. The molecule has 0 fully saturated rings. The first-order valence-corrected chi connectivity index (χ1v) is 47.7. The van der Waals surface area contributed by atoms with Crippen molar-refractivity contribution in [2.75, 3.05) is 39.6 Å². The average Bonchev–Trinajstić information content (AvgIpc) is 0.993. The van der Waals surface area contributed by atoms with E-state index in [2.05, 4.69) is 34.6 Å². The summed E-state index contributed by atoms with van der Waals surface area (Å²) in [7, 11) is -9.93.